The Morgan fingerprint density at radius 2 is 1.84 bits per heavy atom. The molecule has 10 heteroatoms. The number of fused-ring (bicyclic) bond motifs is 1. The Balaban J connectivity index is 1.44. The number of ether oxygens (including phenoxy) is 1. The Bertz CT molecular complexity index is 1260. The molecule has 1 aliphatic carbocycles. The summed E-state index contributed by atoms with van der Waals surface area (Å²) in [5, 5.41) is 6.91. The van der Waals surface area contributed by atoms with E-state index in [4.69, 9.17) is 4.98 Å². The molecule has 0 bridgehead atoms. The van der Waals surface area contributed by atoms with E-state index in [-0.39, 0.29) is 23.8 Å². The number of nitrogens with zero attached hydrogens (tertiary/aromatic N) is 4. The Morgan fingerprint density at radius 3 is 2.51 bits per heavy atom. The average Bonchev–Trinajstić information content (AvgIpc) is 3.55. The van der Waals surface area contributed by atoms with Crippen LogP contribution in [-0.2, 0) is 9.53 Å². The van der Waals surface area contributed by atoms with E-state index in [2.05, 4.69) is 24.9 Å². The van der Waals surface area contributed by atoms with Gasteiger partial charge in [0.2, 0.25) is 5.95 Å². The van der Waals surface area contributed by atoms with Crippen LogP contribution in [0.4, 0.5) is 11.6 Å². The van der Waals surface area contributed by atoms with E-state index >= 15 is 0 Å². The van der Waals surface area contributed by atoms with Gasteiger partial charge in [-0.25, -0.2) is 4.98 Å². The molecule has 37 heavy (non-hydrogen) atoms. The van der Waals surface area contributed by atoms with Crippen molar-refractivity contribution in [1.29, 1.82) is 0 Å². The first-order chi connectivity index (χ1) is 17.9. The second-order valence-electron chi connectivity index (χ2n) is 9.50. The fourth-order valence-corrected chi connectivity index (χ4v) is 4.63. The van der Waals surface area contributed by atoms with Crippen molar-refractivity contribution in [2.45, 2.75) is 51.0 Å². The summed E-state index contributed by atoms with van der Waals surface area (Å²) in [7, 11) is 4.88. The molecular formula is C27H34N6O4. The van der Waals surface area contributed by atoms with E-state index in [1.807, 2.05) is 6.07 Å². The van der Waals surface area contributed by atoms with Gasteiger partial charge in [-0.15, -0.1) is 0 Å². The predicted octanol–water partition coefficient (Wildman–Crippen LogP) is 4.06. The molecule has 0 atom stereocenters. The van der Waals surface area contributed by atoms with Crippen molar-refractivity contribution in [3.63, 3.8) is 0 Å². The second kappa shape index (κ2) is 11.9. The second-order valence-corrected chi connectivity index (χ2v) is 9.50. The van der Waals surface area contributed by atoms with Crippen LogP contribution in [0.1, 0.15) is 71.8 Å². The highest BCUT2D eigenvalue weighted by atomic mass is 16.5. The van der Waals surface area contributed by atoms with Gasteiger partial charge in [0.15, 0.2) is 0 Å². The van der Waals surface area contributed by atoms with Crippen LogP contribution in [0.25, 0.3) is 11.0 Å². The van der Waals surface area contributed by atoms with Gasteiger partial charge in [0.1, 0.15) is 11.3 Å². The molecule has 2 amide bonds. The number of amides is 2. The van der Waals surface area contributed by atoms with Crippen LogP contribution in [0.5, 0.6) is 0 Å². The van der Waals surface area contributed by atoms with Crippen LogP contribution >= 0.6 is 0 Å². The van der Waals surface area contributed by atoms with Gasteiger partial charge < -0.3 is 24.8 Å². The van der Waals surface area contributed by atoms with Gasteiger partial charge in [-0.3, -0.25) is 14.4 Å². The van der Waals surface area contributed by atoms with E-state index in [0.717, 1.165) is 42.4 Å². The number of esters is 1. The molecule has 2 N–H and O–H groups in total. The molecule has 196 valence electrons. The highest BCUT2D eigenvalue weighted by Crippen LogP contribution is 2.35. The summed E-state index contributed by atoms with van der Waals surface area (Å²) in [5.74, 6) is -0.0326. The predicted molar refractivity (Wildman–Crippen MR) is 141 cm³/mol. The van der Waals surface area contributed by atoms with Crippen LogP contribution in [0.15, 0.2) is 36.5 Å². The van der Waals surface area contributed by atoms with Crippen LogP contribution in [-0.4, -0.2) is 65.0 Å². The molecule has 2 heterocycles. The number of methoxy groups -OCH3 is 1. The monoisotopic (exact) mass is 506 g/mol. The van der Waals surface area contributed by atoms with Gasteiger partial charge in [0, 0.05) is 55.9 Å². The summed E-state index contributed by atoms with van der Waals surface area (Å²) in [5.41, 5.74) is 2.67. The molecular weight excluding hydrogens is 472 g/mol. The lowest BCUT2D eigenvalue weighted by atomic mass is 10.2. The number of rotatable bonds is 10. The quantitative estimate of drug-likeness (QED) is 0.314. The standard InChI is InChI=1S/C27H34N6O4/c1-32(2)26(36)22-16-19-17-29-27(31-24(19)33(22)21-8-4-5-9-21)30-20-13-11-18(12-14-20)25(35)28-15-7-6-10-23(34)37-3/h11-14,16-17,21H,4-10,15H2,1-3H3,(H,28,35)(H,29,30,31). The fourth-order valence-electron chi connectivity index (χ4n) is 4.63. The van der Waals surface area contributed by atoms with Gasteiger partial charge in [0.05, 0.1) is 7.11 Å². The van der Waals surface area contributed by atoms with E-state index in [1.54, 1.807) is 49.5 Å². The number of anilines is 2. The maximum Gasteiger partial charge on any atom is 0.305 e. The number of nitrogens with one attached hydrogen (secondary N) is 2. The Hall–Kier alpha value is -3.95. The van der Waals surface area contributed by atoms with E-state index in [1.165, 1.54) is 7.11 Å². The van der Waals surface area contributed by atoms with E-state index in [0.29, 0.717) is 43.0 Å². The Morgan fingerprint density at radius 1 is 1.11 bits per heavy atom. The van der Waals surface area contributed by atoms with E-state index < -0.39 is 0 Å². The fraction of sp³-hybridized carbons (Fsp3) is 0.444. The molecule has 1 aromatic carbocycles. The minimum absolute atomic E-state index is 0.0447. The van der Waals surface area contributed by atoms with Gasteiger partial charge in [-0.2, -0.15) is 4.98 Å². The summed E-state index contributed by atoms with van der Waals surface area (Å²) in [6, 6.07) is 9.20. The third-order valence-corrected chi connectivity index (χ3v) is 6.62. The van der Waals surface area contributed by atoms with Crippen molar-refractivity contribution in [2.75, 3.05) is 33.1 Å². The Kier molecular flexibility index (Phi) is 8.37. The number of hydrogen-bond donors (Lipinski definition) is 2. The molecule has 0 aliphatic heterocycles. The van der Waals surface area contributed by atoms with Gasteiger partial charge in [0.25, 0.3) is 11.8 Å². The summed E-state index contributed by atoms with van der Waals surface area (Å²) in [4.78, 5) is 47.2. The van der Waals surface area contributed by atoms with Gasteiger partial charge >= 0.3 is 5.97 Å². The third kappa shape index (κ3) is 6.25. The van der Waals surface area contributed by atoms with Crippen molar-refractivity contribution in [2.24, 2.45) is 0 Å². The molecule has 0 unspecified atom stereocenters. The molecule has 3 aromatic rings. The minimum atomic E-state index is -0.244. The molecule has 2 aromatic heterocycles. The lowest BCUT2D eigenvalue weighted by Gasteiger charge is -2.19. The summed E-state index contributed by atoms with van der Waals surface area (Å²) in [6.45, 7) is 0.489. The third-order valence-electron chi connectivity index (χ3n) is 6.62. The molecule has 1 aliphatic rings. The highest BCUT2D eigenvalue weighted by Gasteiger charge is 2.26. The number of unbranched alkanes of at least 4 members (excludes halogenated alkanes) is 1. The number of hydrogen-bond acceptors (Lipinski definition) is 7. The van der Waals surface area contributed by atoms with E-state index in [9.17, 15) is 14.4 Å². The SMILES string of the molecule is COC(=O)CCCCNC(=O)c1ccc(Nc2ncc3cc(C(=O)N(C)C)n(C4CCCC4)c3n2)cc1. The lowest BCUT2D eigenvalue weighted by molar-refractivity contribution is -0.140. The smallest absolute Gasteiger partial charge is 0.305 e. The minimum Gasteiger partial charge on any atom is -0.469 e. The number of benzene rings is 1. The average molecular weight is 507 g/mol. The summed E-state index contributed by atoms with van der Waals surface area (Å²) in [6.07, 6.45) is 7.79. The van der Waals surface area contributed by atoms with Crippen LogP contribution in [0.2, 0.25) is 0 Å². The van der Waals surface area contributed by atoms with Crippen molar-refractivity contribution in [1.82, 2.24) is 24.8 Å². The first-order valence-electron chi connectivity index (χ1n) is 12.7. The first-order valence-corrected chi connectivity index (χ1v) is 12.7. The van der Waals surface area contributed by atoms with Crippen LogP contribution in [0, 0.1) is 0 Å². The maximum atomic E-state index is 12.9. The normalized spacial score (nSPS) is 13.5. The van der Waals surface area contributed by atoms with Crippen LogP contribution in [0.3, 0.4) is 0 Å². The van der Waals surface area contributed by atoms with Crippen molar-refractivity contribution in [3.8, 4) is 0 Å². The summed E-state index contributed by atoms with van der Waals surface area (Å²) >= 11 is 0. The van der Waals surface area contributed by atoms with Crippen LogP contribution < -0.4 is 10.6 Å². The number of carbonyl (C=O) groups excluding carboxylic acids is 3. The number of aromatic nitrogens is 3. The molecule has 0 spiro atoms. The largest absolute Gasteiger partial charge is 0.469 e. The van der Waals surface area contributed by atoms with Gasteiger partial charge in [-0.1, -0.05) is 12.8 Å². The van der Waals surface area contributed by atoms with Crippen molar-refractivity contribution in [3.05, 3.63) is 47.8 Å². The molecule has 0 radical (unpaired) electrons. The van der Waals surface area contributed by atoms with Crippen molar-refractivity contribution >= 4 is 40.5 Å². The number of carbonyl (C=O) groups is 3. The summed E-state index contributed by atoms with van der Waals surface area (Å²) < 4.78 is 6.69. The molecule has 0 saturated heterocycles. The molecule has 1 saturated carbocycles. The zero-order valence-electron chi connectivity index (χ0n) is 21.6. The maximum absolute atomic E-state index is 12.9. The highest BCUT2D eigenvalue weighted by molar-refractivity contribution is 5.98. The lowest BCUT2D eigenvalue weighted by Crippen LogP contribution is -2.25. The molecule has 4 rings (SSSR count). The zero-order chi connectivity index (χ0) is 26.4. The topological polar surface area (TPSA) is 118 Å². The molecule has 1 fully saturated rings. The van der Waals surface area contributed by atoms with Gasteiger partial charge in [-0.05, 0) is 56.0 Å². The Labute approximate surface area is 216 Å². The van der Waals surface area contributed by atoms with Crippen molar-refractivity contribution < 1.29 is 19.1 Å². The zero-order valence-corrected chi connectivity index (χ0v) is 21.6. The first kappa shape index (κ1) is 26.1. The molecule has 10 nitrogen and oxygen atoms in total.